The van der Waals surface area contributed by atoms with Gasteiger partial charge in [-0.3, -0.25) is 0 Å². The molecule has 1 aliphatic rings. The molecule has 0 aliphatic heterocycles. The van der Waals surface area contributed by atoms with E-state index in [1.54, 1.807) is 0 Å². The fourth-order valence-corrected chi connectivity index (χ4v) is 10.1. The monoisotopic (exact) mass is 630 g/mol. The molecule has 226 valence electrons. The molecule has 3 heterocycles. The predicted molar refractivity (Wildman–Crippen MR) is 206 cm³/mol. The van der Waals surface area contributed by atoms with Crippen LogP contribution in [0.1, 0.15) is 25.0 Å². The molecule has 1 aliphatic carbocycles. The first-order valence-electron chi connectivity index (χ1n) is 16.7. The summed E-state index contributed by atoms with van der Waals surface area (Å²) >= 11 is 1.94. The summed E-state index contributed by atoms with van der Waals surface area (Å²) in [4.78, 5) is 0. The molecule has 3 heteroatoms. The first kappa shape index (κ1) is 26.4. The summed E-state index contributed by atoms with van der Waals surface area (Å²) < 4.78 is 7.66. The van der Waals surface area contributed by atoms with E-state index in [1.807, 2.05) is 11.3 Å². The fourth-order valence-electron chi connectivity index (χ4n) is 8.73. The van der Waals surface area contributed by atoms with Gasteiger partial charge in [0, 0.05) is 49.1 Å². The second kappa shape index (κ2) is 9.25. The van der Waals surface area contributed by atoms with Crippen molar-refractivity contribution in [3.63, 3.8) is 0 Å². The lowest BCUT2D eigenvalue weighted by atomic mass is 9.82. The average molecular weight is 631 g/mol. The first-order chi connectivity index (χ1) is 23.6. The molecule has 0 radical (unpaired) electrons. The molecule has 0 spiro atoms. The molecular weight excluding hydrogens is 601 g/mol. The normalized spacial score (nSPS) is 13.8. The van der Waals surface area contributed by atoms with Crippen molar-refractivity contribution < 1.29 is 0 Å². The number of benzene rings is 7. The van der Waals surface area contributed by atoms with Crippen molar-refractivity contribution in [2.24, 2.45) is 0 Å². The third-order valence-electron chi connectivity index (χ3n) is 10.9. The van der Waals surface area contributed by atoms with Crippen LogP contribution in [0.25, 0.3) is 86.3 Å². The Morgan fingerprint density at radius 2 is 0.938 bits per heavy atom. The van der Waals surface area contributed by atoms with E-state index >= 15 is 0 Å². The Morgan fingerprint density at radius 3 is 1.60 bits per heavy atom. The van der Waals surface area contributed by atoms with Gasteiger partial charge in [0.1, 0.15) is 0 Å². The van der Waals surface area contributed by atoms with E-state index in [0.29, 0.717) is 0 Å². The Balaban J connectivity index is 1.27. The maximum Gasteiger partial charge on any atom is 0.0719 e. The van der Waals surface area contributed by atoms with Crippen molar-refractivity contribution in [2.75, 3.05) is 0 Å². The van der Waals surface area contributed by atoms with Crippen molar-refractivity contribution >= 4 is 75.1 Å². The third kappa shape index (κ3) is 3.27. The standard InChI is InChI=1S/C45H30N2S/c1-45(2)37-17-9-6-14-29(37)30-21-20-28(26-38(30)45)47-40-19-11-8-16-32(40)34-23-25-36-35-24-22-33-31-15-7-10-18-39(31)46(27-12-4-3-5-13-27)41(33)43(35)48-44(36)42(34)47/h3-26H,1-2H3. The molecule has 0 bridgehead atoms. The molecule has 0 fully saturated rings. The van der Waals surface area contributed by atoms with Crippen molar-refractivity contribution in [2.45, 2.75) is 19.3 Å². The molecule has 3 aromatic heterocycles. The smallest absolute Gasteiger partial charge is 0.0719 e. The number of nitrogens with zero attached hydrogens (tertiary/aromatic N) is 2. The van der Waals surface area contributed by atoms with E-state index in [1.165, 1.54) is 97.4 Å². The molecule has 10 aromatic rings. The zero-order valence-corrected chi connectivity index (χ0v) is 27.5. The van der Waals surface area contributed by atoms with Crippen molar-refractivity contribution in [3.8, 4) is 22.5 Å². The minimum absolute atomic E-state index is 0.0654. The topological polar surface area (TPSA) is 9.86 Å². The van der Waals surface area contributed by atoms with Crippen LogP contribution in [0, 0.1) is 0 Å². The van der Waals surface area contributed by atoms with Crippen LogP contribution in [0.2, 0.25) is 0 Å². The maximum absolute atomic E-state index is 2.53. The van der Waals surface area contributed by atoms with Gasteiger partial charge in [0.2, 0.25) is 0 Å². The molecule has 0 amide bonds. The lowest BCUT2D eigenvalue weighted by Crippen LogP contribution is -2.15. The summed E-state index contributed by atoms with van der Waals surface area (Å²) in [5.74, 6) is 0. The number of hydrogen-bond donors (Lipinski definition) is 0. The summed E-state index contributed by atoms with van der Waals surface area (Å²) in [6.45, 7) is 4.74. The minimum atomic E-state index is -0.0654. The Morgan fingerprint density at radius 1 is 0.417 bits per heavy atom. The quantitative estimate of drug-likeness (QED) is 0.180. The molecule has 48 heavy (non-hydrogen) atoms. The highest BCUT2D eigenvalue weighted by molar-refractivity contribution is 7.27. The van der Waals surface area contributed by atoms with Crippen LogP contribution in [0.4, 0.5) is 0 Å². The van der Waals surface area contributed by atoms with Gasteiger partial charge < -0.3 is 9.13 Å². The lowest BCUT2D eigenvalue weighted by Gasteiger charge is -2.22. The summed E-state index contributed by atoms with van der Waals surface area (Å²) in [5.41, 5.74) is 12.9. The zero-order chi connectivity index (χ0) is 31.7. The number of hydrogen-bond acceptors (Lipinski definition) is 1. The molecular formula is C45H30N2S. The number of fused-ring (bicyclic) bond motifs is 14. The van der Waals surface area contributed by atoms with E-state index in [2.05, 4.69) is 169 Å². The molecule has 0 N–H and O–H groups in total. The van der Waals surface area contributed by atoms with Crippen LogP contribution in [0.5, 0.6) is 0 Å². The van der Waals surface area contributed by atoms with Crippen LogP contribution in [0.15, 0.2) is 146 Å². The van der Waals surface area contributed by atoms with Crippen molar-refractivity contribution in [1.29, 1.82) is 0 Å². The number of para-hydroxylation sites is 3. The Kier molecular flexibility index (Phi) is 5.09. The molecule has 0 unspecified atom stereocenters. The zero-order valence-electron chi connectivity index (χ0n) is 26.7. The highest BCUT2D eigenvalue weighted by Gasteiger charge is 2.35. The van der Waals surface area contributed by atoms with Crippen LogP contribution in [0.3, 0.4) is 0 Å². The minimum Gasteiger partial charge on any atom is -0.308 e. The van der Waals surface area contributed by atoms with Gasteiger partial charge in [-0.1, -0.05) is 123 Å². The van der Waals surface area contributed by atoms with E-state index in [4.69, 9.17) is 0 Å². The Hall–Kier alpha value is -5.64. The molecule has 0 saturated carbocycles. The number of aromatic nitrogens is 2. The molecule has 0 atom stereocenters. The lowest BCUT2D eigenvalue weighted by molar-refractivity contribution is 0.660. The van der Waals surface area contributed by atoms with Gasteiger partial charge in [0.25, 0.3) is 0 Å². The second-order valence-corrected chi connectivity index (χ2v) is 14.7. The maximum atomic E-state index is 2.53. The molecule has 0 saturated heterocycles. The van der Waals surface area contributed by atoms with Gasteiger partial charge in [0.05, 0.1) is 31.5 Å². The summed E-state index contributed by atoms with van der Waals surface area (Å²) in [7, 11) is 0. The SMILES string of the molecule is CC1(C)c2ccccc2-c2ccc(-n3c4ccccc4c4ccc5c6ccc7c8ccccc8n(-c8ccccc8)c7c6sc5c43)cc21. The van der Waals surface area contributed by atoms with Gasteiger partial charge >= 0.3 is 0 Å². The second-order valence-electron chi connectivity index (χ2n) is 13.7. The van der Waals surface area contributed by atoms with Gasteiger partial charge in [0.15, 0.2) is 0 Å². The number of thiophene rings is 1. The third-order valence-corrected chi connectivity index (χ3v) is 12.1. The Bertz CT molecular complexity index is 2970. The van der Waals surface area contributed by atoms with Gasteiger partial charge in [-0.25, -0.2) is 0 Å². The highest BCUT2D eigenvalue weighted by Crippen LogP contribution is 2.51. The van der Waals surface area contributed by atoms with E-state index in [-0.39, 0.29) is 5.41 Å². The summed E-state index contributed by atoms with van der Waals surface area (Å²) in [5, 5.41) is 7.80. The van der Waals surface area contributed by atoms with Crippen LogP contribution >= 0.6 is 11.3 Å². The van der Waals surface area contributed by atoms with Crippen molar-refractivity contribution in [3.05, 3.63) is 157 Å². The van der Waals surface area contributed by atoms with Crippen molar-refractivity contribution in [1.82, 2.24) is 9.13 Å². The van der Waals surface area contributed by atoms with Crippen LogP contribution < -0.4 is 0 Å². The number of rotatable bonds is 2. The Labute approximate surface area is 281 Å². The van der Waals surface area contributed by atoms with Gasteiger partial charge in [-0.2, -0.15) is 0 Å². The average Bonchev–Trinajstić information content (AvgIpc) is 3.84. The van der Waals surface area contributed by atoms with Crippen LogP contribution in [-0.4, -0.2) is 9.13 Å². The summed E-state index contributed by atoms with van der Waals surface area (Å²) in [6.07, 6.45) is 0. The van der Waals surface area contributed by atoms with Gasteiger partial charge in [-0.15, -0.1) is 11.3 Å². The first-order valence-corrected chi connectivity index (χ1v) is 17.5. The molecule has 11 rings (SSSR count). The van der Waals surface area contributed by atoms with Crippen LogP contribution in [-0.2, 0) is 5.41 Å². The summed E-state index contributed by atoms with van der Waals surface area (Å²) in [6, 6.07) is 54.0. The van der Waals surface area contributed by atoms with E-state index in [9.17, 15) is 0 Å². The predicted octanol–water partition coefficient (Wildman–Crippen LogP) is 12.6. The van der Waals surface area contributed by atoms with E-state index in [0.717, 1.165) is 0 Å². The van der Waals surface area contributed by atoms with Gasteiger partial charge in [-0.05, 0) is 58.7 Å². The fraction of sp³-hybridized carbons (Fsp3) is 0.0667. The molecule has 2 nitrogen and oxygen atoms in total. The highest BCUT2D eigenvalue weighted by atomic mass is 32.1. The van der Waals surface area contributed by atoms with E-state index < -0.39 is 0 Å². The largest absolute Gasteiger partial charge is 0.308 e. The molecule has 7 aromatic carbocycles.